The van der Waals surface area contributed by atoms with Gasteiger partial charge in [0.25, 0.3) is 0 Å². The highest BCUT2D eigenvalue weighted by atomic mass is 79.9. The Kier molecular flexibility index (Phi) is 4.36. The van der Waals surface area contributed by atoms with E-state index in [9.17, 15) is 15.2 Å². The molecule has 0 aliphatic heterocycles. The first-order valence-electron chi connectivity index (χ1n) is 5.87. The molecule has 6 heteroatoms. The third-order valence-electron chi connectivity index (χ3n) is 2.70. The molecule has 0 saturated carbocycles. The molecule has 2 aromatic rings. The number of hydrogen-bond acceptors (Lipinski definition) is 4. The van der Waals surface area contributed by atoms with Crippen LogP contribution in [0.3, 0.4) is 0 Å². The van der Waals surface area contributed by atoms with Gasteiger partial charge in [0.2, 0.25) is 5.75 Å². The summed E-state index contributed by atoms with van der Waals surface area (Å²) in [5, 5.41) is 20.5. The van der Waals surface area contributed by atoms with Gasteiger partial charge in [-0.15, -0.1) is 0 Å². The molecule has 0 heterocycles. The summed E-state index contributed by atoms with van der Waals surface area (Å²) in [4.78, 5) is 10.5. The van der Waals surface area contributed by atoms with Crippen LogP contribution in [-0.4, -0.2) is 10.0 Å². The van der Waals surface area contributed by atoms with Gasteiger partial charge < -0.3 is 9.84 Å². The molecule has 1 N–H and O–H groups in total. The SMILES string of the molecule is C[C@H](O)c1ccc(Oc2ccc(Br)cc2)c([N+](=O)[O-])c1. The predicted octanol–water partition coefficient (Wildman–Crippen LogP) is 4.20. The van der Waals surface area contributed by atoms with Gasteiger partial charge in [-0.2, -0.15) is 0 Å². The molecule has 2 rings (SSSR count). The van der Waals surface area contributed by atoms with E-state index in [1.165, 1.54) is 12.1 Å². The molecule has 0 unspecified atom stereocenters. The molecule has 20 heavy (non-hydrogen) atoms. The number of nitro groups is 1. The third-order valence-corrected chi connectivity index (χ3v) is 3.23. The van der Waals surface area contributed by atoms with Crippen molar-refractivity contribution < 1.29 is 14.8 Å². The number of hydrogen-bond donors (Lipinski definition) is 1. The first-order chi connectivity index (χ1) is 9.47. The Bertz CT molecular complexity index is 626. The van der Waals surface area contributed by atoms with E-state index in [4.69, 9.17) is 4.74 Å². The number of ether oxygens (including phenoxy) is 1. The molecule has 0 spiro atoms. The van der Waals surface area contributed by atoms with Crippen LogP contribution >= 0.6 is 15.9 Å². The zero-order chi connectivity index (χ0) is 14.7. The summed E-state index contributed by atoms with van der Waals surface area (Å²) in [6.07, 6.45) is -0.768. The maximum atomic E-state index is 11.1. The van der Waals surface area contributed by atoms with Crippen molar-refractivity contribution in [1.82, 2.24) is 0 Å². The van der Waals surface area contributed by atoms with Crippen molar-refractivity contribution in [3.8, 4) is 11.5 Å². The number of rotatable bonds is 4. The van der Waals surface area contributed by atoms with Crippen LogP contribution in [0.1, 0.15) is 18.6 Å². The number of aliphatic hydroxyl groups excluding tert-OH is 1. The van der Waals surface area contributed by atoms with E-state index in [1.807, 2.05) is 0 Å². The van der Waals surface area contributed by atoms with Crippen LogP contribution in [0.15, 0.2) is 46.9 Å². The van der Waals surface area contributed by atoms with Crippen molar-refractivity contribution in [1.29, 1.82) is 0 Å². The quantitative estimate of drug-likeness (QED) is 0.670. The second-order valence-corrected chi connectivity index (χ2v) is 5.13. The Labute approximate surface area is 124 Å². The normalized spacial score (nSPS) is 11.9. The summed E-state index contributed by atoms with van der Waals surface area (Å²) in [5.41, 5.74) is 0.297. The second kappa shape index (κ2) is 6.02. The van der Waals surface area contributed by atoms with Crippen LogP contribution in [0.5, 0.6) is 11.5 Å². The van der Waals surface area contributed by atoms with Gasteiger partial charge in [-0.25, -0.2) is 0 Å². The average Bonchev–Trinajstić information content (AvgIpc) is 2.41. The van der Waals surface area contributed by atoms with Crippen LogP contribution in [-0.2, 0) is 0 Å². The van der Waals surface area contributed by atoms with E-state index < -0.39 is 11.0 Å². The van der Waals surface area contributed by atoms with Gasteiger partial charge in [0.15, 0.2) is 0 Å². The molecule has 5 nitrogen and oxygen atoms in total. The predicted molar refractivity (Wildman–Crippen MR) is 77.9 cm³/mol. The lowest BCUT2D eigenvalue weighted by Gasteiger charge is -2.09. The van der Waals surface area contributed by atoms with Gasteiger partial charge in [0.05, 0.1) is 11.0 Å². The van der Waals surface area contributed by atoms with Gasteiger partial charge >= 0.3 is 5.69 Å². The van der Waals surface area contributed by atoms with Crippen LogP contribution in [0.4, 0.5) is 5.69 Å². The molecule has 104 valence electrons. The molecular weight excluding hydrogens is 326 g/mol. The molecule has 0 radical (unpaired) electrons. The van der Waals surface area contributed by atoms with E-state index in [-0.39, 0.29) is 11.4 Å². The Balaban J connectivity index is 2.35. The lowest BCUT2D eigenvalue weighted by Crippen LogP contribution is -1.97. The van der Waals surface area contributed by atoms with Gasteiger partial charge in [-0.3, -0.25) is 10.1 Å². The Morgan fingerprint density at radius 2 is 1.90 bits per heavy atom. The summed E-state index contributed by atoms with van der Waals surface area (Å²) in [6.45, 7) is 1.55. The maximum Gasteiger partial charge on any atom is 0.311 e. The number of halogens is 1. The van der Waals surface area contributed by atoms with Crippen molar-refractivity contribution in [3.05, 3.63) is 62.6 Å². The Hall–Kier alpha value is -1.92. The summed E-state index contributed by atoms with van der Waals surface area (Å²) < 4.78 is 6.41. The van der Waals surface area contributed by atoms with Crippen molar-refractivity contribution in [2.24, 2.45) is 0 Å². The fourth-order valence-electron chi connectivity index (χ4n) is 1.65. The van der Waals surface area contributed by atoms with Crippen molar-refractivity contribution in [3.63, 3.8) is 0 Å². The number of nitrogens with zero attached hydrogens (tertiary/aromatic N) is 1. The van der Waals surface area contributed by atoms with E-state index in [2.05, 4.69) is 15.9 Å². The highest BCUT2D eigenvalue weighted by Crippen LogP contribution is 2.33. The molecule has 0 aliphatic carbocycles. The highest BCUT2D eigenvalue weighted by molar-refractivity contribution is 9.10. The van der Waals surface area contributed by atoms with E-state index in [1.54, 1.807) is 37.3 Å². The second-order valence-electron chi connectivity index (χ2n) is 4.22. The zero-order valence-corrected chi connectivity index (χ0v) is 12.2. The van der Waals surface area contributed by atoms with Gasteiger partial charge in [0, 0.05) is 10.5 Å². The summed E-state index contributed by atoms with van der Waals surface area (Å²) in [6, 6.07) is 11.4. The van der Waals surface area contributed by atoms with Gasteiger partial charge in [0.1, 0.15) is 5.75 Å². The van der Waals surface area contributed by atoms with Crippen LogP contribution in [0.25, 0.3) is 0 Å². The summed E-state index contributed by atoms with van der Waals surface area (Å²) in [7, 11) is 0. The minimum Gasteiger partial charge on any atom is -0.450 e. The molecular formula is C14H12BrNO4. The topological polar surface area (TPSA) is 72.6 Å². The monoisotopic (exact) mass is 337 g/mol. The molecule has 0 amide bonds. The Morgan fingerprint density at radius 1 is 1.25 bits per heavy atom. The molecule has 1 atom stereocenters. The Morgan fingerprint density at radius 3 is 2.45 bits per heavy atom. The summed E-state index contributed by atoms with van der Waals surface area (Å²) >= 11 is 3.30. The van der Waals surface area contributed by atoms with Crippen molar-refractivity contribution in [2.45, 2.75) is 13.0 Å². The van der Waals surface area contributed by atoms with Gasteiger partial charge in [-0.1, -0.05) is 22.0 Å². The van der Waals surface area contributed by atoms with Gasteiger partial charge in [-0.05, 0) is 42.8 Å². The molecule has 2 aromatic carbocycles. The van der Waals surface area contributed by atoms with E-state index in [0.717, 1.165) is 4.47 Å². The largest absolute Gasteiger partial charge is 0.450 e. The highest BCUT2D eigenvalue weighted by Gasteiger charge is 2.18. The average molecular weight is 338 g/mol. The lowest BCUT2D eigenvalue weighted by atomic mass is 10.1. The number of nitro benzene ring substituents is 1. The fourth-order valence-corrected chi connectivity index (χ4v) is 1.92. The molecule has 0 fully saturated rings. The van der Waals surface area contributed by atoms with Crippen LogP contribution < -0.4 is 4.74 Å². The maximum absolute atomic E-state index is 11.1. The summed E-state index contributed by atoms with van der Waals surface area (Å²) in [5.74, 6) is 0.641. The lowest BCUT2D eigenvalue weighted by molar-refractivity contribution is -0.385. The third kappa shape index (κ3) is 3.34. The number of aliphatic hydroxyl groups is 1. The van der Waals surface area contributed by atoms with Crippen LogP contribution in [0.2, 0.25) is 0 Å². The minimum absolute atomic E-state index is 0.140. The standard InChI is InChI=1S/C14H12BrNO4/c1-9(17)10-2-7-14(13(8-10)16(18)19)20-12-5-3-11(15)4-6-12/h2-9,17H,1H3/t9-/m0/s1. The first kappa shape index (κ1) is 14.5. The first-order valence-corrected chi connectivity index (χ1v) is 6.66. The minimum atomic E-state index is -0.768. The van der Waals surface area contributed by atoms with E-state index in [0.29, 0.717) is 11.3 Å². The molecule has 0 saturated heterocycles. The molecule has 0 aromatic heterocycles. The number of benzene rings is 2. The zero-order valence-electron chi connectivity index (χ0n) is 10.6. The van der Waals surface area contributed by atoms with E-state index >= 15 is 0 Å². The fraction of sp³-hybridized carbons (Fsp3) is 0.143. The molecule has 0 bridgehead atoms. The smallest absolute Gasteiger partial charge is 0.311 e. The van der Waals surface area contributed by atoms with Crippen LogP contribution in [0, 0.1) is 10.1 Å². The molecule has 0 aliphatic rings. The van der Waals surface area contributed by atoms with Crippen molar-refractivity contribution >= 4 is 21.6 Å². The van der Waals surface area contributed by atoms with Crippen molar-refractivity contribution in [2.75, 3.05) is 0 Å².